The van der Waals surface area contributed by atoms with Gasteiger partial charge in [-0.2, -0.15) is 0 Å². The number of sulfonamides is 1. The molecule has 0 aliphatic carbocycles. The van der Waals surface area contributed by atoms with E-state index in [0.29, 0.717) is 19.8 Å². The van der Waals surface area contributed by atoms with Crippen LogP contribution < -0.4 is 10.5 Å². The van der Waals surface area contributed by atoms with Gasteiger partial charge in [0.1, 0.15) is 4.90 Å². The molecule has 7 nitrogen and oxygen atoms in total. The lowest BCUT2D eigenvalue weighted by molar-refractivity contribution is 0.0354. The van der Waals surface area contributed by atoms with Crippen molar-refractivity contribution in [2.24, 2.45) is 0 Å². The highest BCUT2D eigenvalue weighted by Crippen LogP contribution is 2.16. The van der Waals surface area contributed by atoms with Gasteiger partial charge in [0.15, 0.2) is 0 Å². The summed E-state index contributed by atoms with van der Waals surface area (Å²) in [4.78, 5) is 6.00. The van der Waals surface area contributed by atoms with Crippen molar-refractivity contribution in [2.75, 3.05) is 38.6 Å². The van der Waals surface area contributed by atoms with Gasteiger partial charge < -0.3 is 10.5 Å². The fourth-order valence-corrected chi connectivity index (χ4v) is 3.46. The number of hydrogen-bond donors (Lipinski definition) is 2. The molecule has 0 spiro atoms. The SMILES string of the molecule is CC(CN1CCOCC1)NS(=O)(=O)c1cnccc1N. The number of nitrogen functional groups attached to an aromatic ring is 1. The van der Waals surface area contributed by atoms with Crippen molar-refractivity contribution in [3.63, 3.8) is 0 Å². The second-order valence-electron chi connectivity index (χ2n) is 4.85. The van der Waals surface area contributed by atoms with Gasteiger partial charge in [0.25, 0.3) is 0 Å². The zero-order valence-corrected chi connectivity index (χ0v) is 12.3. The minimum Gasteiger partial charge on any atom is -0.398 e. The lowest BCUT2D eigenvalue weighted by Crippen LogP contribution is -2.46. The lowest BCUT2D eigenvalue weighted by atomic mass is 10.3. The molecule has 8 heteroatoms. The summed E-state index contributed by atoms with van der Waals surface area (Å²) < 4.78 is 32.4. The molecule has 112 valence electrons. The summed E-state index contributed by atoms with van der Waals surface area (Å²) in [5.74, 6) is 0. The largest absolute Gasteiger partial charge is 0.398 e. The highest BCUT2D eigenvalue weighted by molar-refractivity contribution is 7.89. The highest BCUT2D eigenvalue weighted by atomic mass is 32.2. The van der Waals surface area contributed by atoms with E-state index in [9.17, 15) is 8.42 Å². The Morgan fingerprint density at radius 3 is 2.85 bits per heavy atom. The van der Waals surface area contributed by atoms with Gasteiger partial charge in [-0.3, -0.25) is 9.88 Å². The Labute approximate surface area is 119 Å². The number of anilines is 1. The van der Waals surface area contributed by atoms with E-state index in [1.54, 1.807) is 0 Å². The number of hydrogen-bond acceptors (Lipinski definition) is 6. The van der Waals surface area contributed by atoms with Crippen molar-refractivity contribution < 1.29 is 13.2 Å². The molecule has 1 saturated heterocycles. The molecule has 0 saturated carbocycles. The van der Waals surface area contributed by atoms with Crippen LogP contribution in [0.1, 0.15) is 6.92 Å². The van der Waals surface area contributed by atoms with Crippen LogP contribution in [0.5, 0.6) is 0 Å². The molecular formula is C12H20N4O3S. The lowest BCUT2D eigenvalue weighted by Gasteiger charge is -2.29. The van der Waals surface area contributed by atoms with Crippen molar-refractivity contribution in [1.82, 2.24) is 14.6 Å². The van der Waals surface area contributed by atoms with Gasteiger partial charge in [-0.25, -0.2) is 13.1 Å². The Morgan fingerprint density at radius 2 is 2.20 bits per heavy atom. The summed E-state index contributed by atoms with van der Waals surface area (Å²) in [6.45, 7) is 5.49. The van der Waals surface area contributed by atoms with Crippen molar-refractivity contribution in [3.05, 3.63) is 18.5 Å². The predicted octanol–water partition coefficient (Wildman–Crippen LogP) is -0.337. The van der Waals surface area contributed by atoms with Crippen LogP contribution in [0, 0.1) is 0 Å². The van der Waals surface area contributed by atoms with Gasteiger partial charge in [0.2, 0.25) is 10.0 Å². The smallest absolute Gasteiger partial charge is 0.244 e. The van der Waals surface area contributed by atoms with Crippen LogP contribution in [0.3, 0.4) is 0 Å². The molecule has 1 atom stereocenters. The van der Waals surface area contributed by atoms with Crippen LogP contribution in [-0.2, 0) is 14.8 Å². The van der Waals surface area contributed by atoms with Crippen LogP contribution in [0.15, 0.2) is 23.4 Å². The second-order valence-corrected chi connectivity index (χ2v) is 6.53. The molecular weight excluding hydrogens is 280 g/mol. The highest BCUT2D eigenvalue weighted by Gasteiger charge is 2.22. The van der Waals surface area contributed by atoms with Crippen LogP contribution in [0.2, 0.25) is 0 Å². The first-order valence-corrected chi connectivity index (χ1v) is 7.99. The third-order valence-corrected chi connectivity index (χ3v) is 4.73. The van der Waals surface area contributed by atoms with Gasteiger partial charge in [-0.05, 0) is 13.0 Å². The van der Waals surface area contributed by atoms with E-state index in [2.05, 4.69) is 14.6 Å². The summed E-state index contributed by atoms with van der Waals surface area (Å²) in [6, 6.07) is 1.26. The summed E-state index contributed by atoms with van der Waals surface area (Å²) in [6.07, 6.45) is 2.73. The average molecular weight is 300 g/mol. The van der Waals surface area contributed by atoms with Crippen molar-refractivity contribution >= 4 is 15.7 Å². The summed E-state index contributed by atoms with van der Waals surface area (Å²) in [5.41, 5.74) is 5.88. The molecule has 1 unspecified atom stereocenters. The van der Waals surface area contributed by atoms with E-state index in [1.165, 1.54) is 18.5 Å². The van der Waals surface area contributed by atoms with E-state index < -0.39 is 10.0 Å². The quantitative estimate of drug-likeness (QED) is 0.772. The van der Waals surface area contributed by atoms with E-state index in [-0.39, 0.29) is 16.6 Å². The van der Waals surface area contributed by atoms with Gasteiger partial charge in [-0.1, -0.05) is 0 Å². The third-order valence-electron chi connectivity index (χ3n) is 3.10. The third kappa shape index (κ3) is 3.89. The van der Waals surface area contributed by atoms with Crippen LogP contribution >= 0.6 is 0 Å². The fourth-order valence-electron chi connectivity index (χ4n) is 2.15. The monoisotopic (exact) mass is 300 g/mol. The first kappa shape index (κ1) is 15.2. The Bertz CT molecular complexity index is 543. The molecule has 2 heterocycles. The molecule has 0 aromatic carbocycles. The summed E-state index contributed by atoms with van der Waals surface area (Å²) in [7, 11) is -3.64. The number of morpholine rings is 1. The van der Waals surface area contributed by atoms with Crippen LogP contribution in [0.25, 0.3) is 0 Å². The molecule has 1 aromatic heterocycles. The second kappa shape index (κ2) is 6.49. The number of rotatable bonds is 5. The minimum atomic E-state index is -3.64. The standard InChI is InChI=1S/C12H20N4O3S/c1-10(9-16-4-6-19-7-5-16)15-20(17,18)12-8-14-3-2-11(12)13/h2-3,8,10,15H,4-7,9H2,1H3,(H2,13,14). The molecule has 1 aromatic rings. The first-order valence-electron chi connectivity index (χ1n) is 6.51. The van der Waals surface area contributed by atoms with E-state index in [4.69, 9.17) is 10.5 Å². The number of ether oxygens (including phenoxy) is 1. The van der Waals surface area contributed by atoms with E-state index >= 15 is 0 Å². The number of nitrogens with one attached hydrogen (secondary N) is 1. The number of nitrogens with zero attached hydrogens (tertiary/aromatic N) is 2. The van der Waals surface area contributed by atoms with Crippen molar-refractivity contribution in [2.45, 2.75) is 17.9 Å². The maximum atomic E-state index is 12.2. The normalized spacial score (nSPS) is 18.9. The Balaban J connectivity index is 1.99. The zero-order valence-electron chi connectivity index (χ0n) is 11.4. The van der Waals surface area contributed by atoms with Gasteiger partial charge in [0.05, 0.1) is 18.9 Å². The van der Waals surface area contributed by atoms with Gasteiger partial charge in [0, 0.05) is 38.1 Å². The van der Waals surface area contributed by atoms with E-state index in [0.717, 1.165) is 13.1 Å². The van der Waals surface area contributed by atoms with Crippen molar-refractivity contribution in [3.8, 4) is 0 Å². The van der Waals surface area contributed by atoms with Crippen LogP contribution in [0.4, 0.5) is 5.69 Å². The molecule has 3 N–H and O–H groups in total. The predicted molar refractivity (Wildman–Crippen MR) is 75.7 cm³/mol. The van der Waals surface area contributed by atoms with Gasteiger partial charge in [-0.15, -0.1) is 0 Å². The summed E-state index contributed by atoms with van der Waals surface area (Å²) >= 11 is 0. The Morgan fingerprint density at radius 1 is 1.50 bits per heavy atom. The average Bonchev–Trinajstić information content (AvgIpc) is 2.39. The van der Waals surface area contributed by atoms with Gasteiger partial charge >= 0.3 is 0 Å². The molecule has 20 heavy (non-hydrogen) atoms. The first-order chi connectivity index (χ1) is 9.49. The Kier molecular flexibility index (Phi) is 4.92. The molecule has 2 rings (SSSR count). The molecule has 0 bridgehead atoms. The summed E-state index contributed by atoms with van der Waals surface area (Å²) in [5, 5.41) is 0. The fraction of sp³-hybridized carbons (Fsp3) is 0.583. The zero-order chi connectivity index (χ0) is 14.6. The maximum absolute atomic E-state index is 12.2. The van der Waals surface area contributed by atoms with Crippen LogP contribution in [-0.4, -0.2) is 57.2 Å². The number of pyridine rings is 1. The topological polar surface area (TPSA) is 97.5 Å². The van der Waals surface area contributed by atoms with Crippen molar-refractivity contribution in [1.29, 1.82) is 0 Å². The number of aromatic nitrogens is 1. The molecule has 0 radical (unpaired) electrons. The minimum absolute atomic E-state index is 0.0221. The Hall–Kier alpha value is -1.22. The maximum Gasteiger partial charge on any atom is 0.244 e. The molecule has 1 fully saturated rings. The van der Waals surface area contributed by atoms with E-state index in [1.807, 2.05) is 6.92 Å². The number of nitrogens with two attached hydrogens (primary N) is 1. The molecule has 0 amide bonds. The molecule has 1 aliphatic heterocycles. The molecule has 1 aliphatic rings.